The molecule has 2 aromatic heterocycles. The number of benzene rings is 2. The lowest BCUT2D eigenvalue weighted by molar-refractivity contribution is 1.34. The molecule has 4 nitrogen and oxygen atoms in total. The lowest BCUT2D eigenvalue weighted by Gasteiger charge is -1.81. The van der Waals surface area contributed by atoms with Crippen LogP contribution < -0.4 is 0 Å². The van der Waals surface area contributed by atoms with Gasteiger partial charge in [-0.1, -0.05) is 24.3 Å². The largest absolute Gasteiger partial charge is 0.345 e. The van der Waals surface area contributed by atoms with E-state index in [1.165, 1.54) is 0 Å². The minimum atomic E-state index is 1.03. The Kier molecular flexibility index (Phi) is 4.52. The maximum atomic E-state index is 4.06. The summed E-state index contributed by atoms with van der Waals surface area (Å²) < 4.78 is 0. The lowest BCUT2D eigenvalue weighted by atomic mass is 10.3. The highest BCUT2D eigenvalue weighted by Crippen LogP contribution is 2.06. The first-order valence-electron chi connectivity index (χ1n) is 6.03. The van der Waals surface area contributed by atoms with Crippen LogP contribution in [0.3, 0.4) is 0 Å². The Morgan fingerprint density at radius 2 is 1.05 bits per heavy atom. The normalized spacial score (nSPS) is 9.30. The SMILES string of the molecule is C#C.c1ccc2[nH]cnc2c1.c1ccc2[nH]cnc2c1. The summed E-state index contributed by atoms with van der Waals surface area (Å²) in [6.07, 6.45) is 11.4. The molecule has 20 heavy (non-hydrogen) atoms. The third-order valence-corrected chi connectivity index (χ3v) is 2.66. The molecule has 4 heteroatoms. The number of imidazole rings is 2. The topological polar surface area (TPSA) is 57.4 Å². The summed E-state index contributed by atoms with van der Waals surface area (Å²) in [4.78, 5) is 14.1. The van der Waals surface area contributed by atoms with Gasteiger partial charge in [-0.2, -0.15) is 0 Å². The highest BCUT2D eigenvalue weighted by Gasteiger charge is 1.89. The van der Waals surface area contributed by atoms with Gasteiger partial charge in [-0.3, -0.25) is 0 Å². The van der Waals surface area contributed by atoms with Gasteiger partial charge in [0, 0.05) is 0 Å². The van der Waals surface area contributed by atoms with Crippen molar-refractivity contribution in [3.8, 4) is 12.8 Å². The fourth-order valence-electron chi connectivity index (χ4n) is 1.76. The average molecular weight is 262 g/mol. The molecule has 98 valence electrons. The van der Waals surface area contributed by atoms with Gasteiger partial charge in [-0.05, 0) is 24.3 Å². The molecule has 4 rings (SSSR count). The Labute approximate surface area is 116 Å². The maximum absolute atomic E-state index is 4.06. The van der Waals surface area contributed by atoms with Crippen molar-refractivity contribution in [2.24, 2.45) is 0 Å². The molecule has 0 amide bonds. The molecule has 0 atom stereocenters. The Morgan fingerprint density at radius 3 is 1.45 bits per heavy atom. The third-order valence-electron chi connectivity index (χ3n) is 2.66. The Balaban J connectivity index is 0.000000131. The second kappa shape index (κ2) is 6.76. The van der Waals surface area contributed by atoms with E-state index >= 15 is 0 Å². The predicted molar refractivity (Wildman–Crippen MR) is 82.1 cm³/mol. The van der Waals surface area contributed by atoms with Crippen molar-refractivity contribution >= 4 is 22.1 Å². The van der Waals surface area contributed by atoms with Crippen LogP contribution in [0.25, 0.3) is 22.1 Å². The molecule has 0 aliphatic rings. The fourth-order valence-corrected chi connectivity index (χ4v) is 1.76. The summed E-state index contributed by atoms with van der Waals surface area (Å²) >= 11 is 0. The molecule has 0 unspecified atom stereocenters. The van der Waals surface area contributed by atoms with Crippen LogP contribution in [0.2, 0.25) is 0 Å². The Morgan fingerprint density at radius 1 is 0.650 bits per heavy atom. The average Bonchev–Trinajstić information content (AvgIpc) is 3.18. The first-order chi connectivity index (χ1) is 9.93. The van der Waals surface area contributed by atoms with Crippen molar-refractivity contribution in [3.63, 3.8) is 0 Å². The predicted octanol–water partition coefficient (Wildman–Crippen LogP) is 3.38. The number of terminal acetylenes is 1. The number of H-pyrrole nitrogens is 2. The lowest BCUT2D eigenvalue weighted by Crippen LogP contribution is -1.63. The van der Waals surface area contributed by atoms with Crippen molar-refractivity contribution in [2.75, 3.05) is 0 Å². The van der Waals surface area contributed by atoms with Gasteiger partial charge in [-0.25, -0.2) is 9.97 Å². The zero-order chi connectivity index (χ0) is 14.2. The molecule has 0 radical (unpaired) electrons. The van der Waals surface area contributed by atoms with E-state index in [9.17, 15) is 0 Å². The van der Waals surface area contributed by atoms with Gasteiger partial charge in [0.1, 0.15) is 0 Å². The van der Waals surface area contributed by atoms with Crippen LogP contribution in [0.4, 0.5) is 0 Å². The first kappa shape index (κ1) is 13.4. The monoisotopic (exact) mass is 262 g/mol. The molecule has 0 aliphatic carbocycles. The number of nitrogens with one attached hydrogen (secondary N) is 2. The second-order valence-corrected chi connectivity index (χ2v) is 3.84. The van der Waals surface area contributed by atoms with Crippen LogP contribution in [-0.2, 0) is 0 Å². The van der Waals surface area contributed by atoms with Crippen molar-refractivity contribution in [1.82, 2.24) is 19.9 Å². The number of nitrogens with zero attached hydrogens (tertiary/aromatic N) is 2. The molecular weight excluding hydrogens is 248 g/mol. The minimum Gasteiger partial charge on any atom is -0.345 e. The number of fused-ring (bicyclic) bond motifs is 2. The van der Waals surface area contributed by atoms with Gasteiger partial charge in [0.15, 0.2) is 0 Å². The molecule has 0 saturated heterocycles. The van der Waals surface area contributed by atoms with Crippen LogP contribution in [-0.4, -0.2) is 19.9 Å². The first-order valence-corrected chi connectivity index (χ1v) is 6.03. The number of hydrogen-bond acceptors (Lipinski definition) is 2. The van der Waals surface area contributed by atoms with Crippen LogP contribution in [0, 0.1) is 12.8 Å². The highest BCUT2D eigenvalue weighted by atomic mass is 14.9. The summed E-state index contributed by atoms with van der Waals surface area (Å²) in [7, 11) is 0. The van der Waals surface area contributed by atoms with Crippen LogP contribution in [0.15, 0.2) is 61.2 Å². The zero-order valence-corrected chi connectivity index (χ0v) is 10.8. The van der Waals surface area contributed by atoms with E-state index < -0.39 is 0 Å². The third kappa shape index (κ3) is 3.03. The maximum Gasteiger partial charge on any atom is 0.0931 e. The number of aromatic nitrogens is 4. The van der Waals surface area contributed by atoms with E-state index in [4.69, 9.17) is 0 Å². The number of para-hydroxylation sites is 4. The number of hydrogen-bond donors (Lipinski definition) is 2. The minimum absolute atomic E-state index is 1.03. The second-order valence-electron chi connectivity index (χ2n) is 3.84. The molecular formula is C16H14N4. The summed E-state index contributed by atoms with van der Waals surface area (Å²) in [5.74, 6) is 0. The molecule has 2 N–H and O–H groups in total. The number of rotatable bonds is 0. The van der Waals surface area contributed by atoms with Crippen molar-refractivity contribution in [1.29, 1.82) is 0 Å². The van der Waals surface area contributed by atoms with Gasteiger partial charge in [0.05, 0.1) is 34.7 Å². The molecule has 0 bridgehead atoms. The Hall–Kier alpha value is -3.06. The summed E-state index contributed by atoms with van der Waals surface area (Å²) in [6.45, 7) is 0. The molecule has 0 spiro atoms. The zero-order valence-electron chi connectivity index (χ0n) is 10.8. The highest BCUT2D eigenvalue weighted by molar-refractivity contribution is 5.74. The smallest absolute Gasteiger partial charge is 0.0931 e. The van der Waals surface area contributed by atoms with Gasteiger partial charge in [0.2, 0.25) is 0 Å². The molecule has 2 heterocycles. The van der Waals surface area contributed by atoms with Gasteiger partial charge in [-0.15, -0.1) is 12.8 Å². The number of aromatic amines is 2. The van der Waals surface area contributed by atoms with E-state index in [0.717, 1.165) is 22.1 Å². The summed E-state index contributed by atoms with van der Waals surface area (Å²) in [5, 5.41) is 0. The van der Waals surface area contributed by atoms with Crippen molar-refractivity contribution in [3.05, 3.63) is 61.2 Å². The van der Waals surface area contributed by atoms with E-state index in [0.29, 0.717) is 0 Å². The van der Waals surface area contributed by atoms with Crippen molar-refractivity contribution < 1.29 is 0 Å². The van der Waals surface area contributed by atoms with Crippen molar-refractivity contribution in [2.45, 2.75) is 0 Å². The van der Waals surface area contributed by atoms with E-state index in [-0.39, 0.29) is 0 Å². The summed E-state index contributed by atoms with van der Waals surface area (Å²) in [5.41, 5.74) is 4.24. The fraction of sp³-hybridized carbons (Fsp3) is 0. The molecule has 2 aromatic carbocycles. The molecule has 0 aliphatic heterocycles. The van der Waals surface area contributed by atoms with Crippen LogP contribution in [0.1, 0.15) is 0 Å². The molecule has 4 aromatic rings. The van der Waals surface area contributed by atoms with E-state index in [1.54, 1.807) is 12.7 Å². The quantitative estimate of drug-likeness (QED) is 0.477. The Bertz CT molecular complexity index is 669. The van der Waals surface area contributed by atoms with Crippen LogP contribution in [0.5, 0.6) is 0 Å². The molecule has 0 fully saturated rings. The van der Waals surface area contributed by atoms with E-state index in [1.807, 2.05) is 48.5 Å². The van der Waals surface area contributed by atoms with Gasteiger partial charge >= 0.3 is 0 Å². The van der Waals surface area contributed by atoms with Gasteiger partial charge < -0.3 is 9.97 Å². The molecule has 0 saturated carbocycles. The standard InChI is InChI=1S/2C7H6N2.C2H2/c2*1-2-4-7-6(3-1)8-5-9-7;1-2/h2*1-5H,(H,8,9);1-2H. The van der Waals surface area contributed by atoms with E-state index in [2.05, 4.69) is 32.8 Å². The summed E-state index contributed by atoms with van der Waals surface area (Å²) in [6, 6.07) is 15.9. The van der Waals surface area contributed by atoms with Crippen LogP contribution >= 0.6 is 0 Å². The van der Waals surface area contributed by atoms with Gasteiger partial charge in [0.25, 0.3) is 0 Å².